The van der Waals surface area contributed by atoms with Crippen LogP contribution < -0.4 is 5.32 Å². The molecule has 2 rings (SSSR count). The lowest BCUT2D eigenvalue weighted by molar-refractivity contribution is -0.117. The van der Waals surface area contributed by atoms with Crippen molar-refractivity contribution < 1.29 is 4.79 Å². The Morgan fingerprint density at radius 3 is 2.82 bits per heavy atom. The molecule has 1 heterocycles. The highest BCUT2D eigenvalue weighted by Gasteiger charge is 2.45. The number of anilines is 1. The largest absolute Gasteiger partial charge is 0.370 e. The molecule has 1 aliphatic carbocycles. The highest BCUT2D eigenvalue weighted by Crippen LogP contribution is 2.45. The number of hydrogen-bond acceptors (Lipinski definition) is 4. The molecular weight excluding hydrogens is 238 g/mol. The molecule has 4 nitrogen and oxygen atoms in total. The van der Waals surface area contributed by atoms with Crippen LogP contribution in [0.2, 0.25) is 5.28 Å². The van der Waals surface area contributed by atoms with Gasteiger partial charge in [0, 0.05) is 12.6 Å². The van der Waals surface area contributed by atoms with E-state index >= 15 is 0 Å². The maximum absolute atomic E-state index is 11.3. The zero-order valence-corrected chi connectivity index (χ0v) is 10.8. The van der Waals surface area contributed by atoms with Crippen LogP contribution >= 0.6 is 11.6 Å². The van der Waals surface area contributed by atoms with E-state index < -0.39 is 5.41 Å². The lowest BCUT2D eigenvalue weighted by Gasteiger charge is -2.41. The van der Waals surface area contributed by atoms with Crippen LogP contribution in [0, 0.1) is 5.92 Å². The highest BCUT2D eigenvalue weighted by atomic mass is 35.5. The van der Waals surface area contributed by atoms with Gasteiger partial charge >= 0.3 is 0 Å². The van der Waals surface area contributed by atoms with Crippen molar-refractivity contribution >= 4 is 23.7 Å². The number of carbonyl (C=O) groups is 1. The summed E-state index contributed by atoms with van der Waals surface area (Å²) in [4.78, 5) is 19.6. The normalized spacial score (nSPS) is 27.4. The molecule has 0 spiro atoms. The Morgan fingerprint density at radius 2 is 2.29 bits per heavy atom. The molecule has 0 aromatic carbocycles. The smallest absolute Gasteiger partial charge is 0.224 e. The number of nitrogens with one attached hydrogen (secondary N) is 1. The van der Waals surface area contributed by atoms with Crippen LogP contribution in [0.3, 0.4) is 0 Å². The highest BCUT2D eigenvalue weighted by molar-refractivity contribution is 6.28. The molecule has 0 aliphatic heterocycles. The van der Waals surface area contributed by atoms with Gasteiger partial charge in [0.15, 0.2) is 0 Å². The van der Waals surface area contributed by atoms with Crippen LogP contribution in [0.5, 0.6) is 0 Å². The molecule has 92 valence electrons. The molecule has 0 saturated heterocycles. The topological polar surface area (TPSA) is 54.9 Å². The minimum atomic E-state index is -0.448. The van der Waals surface area contributed by atoms with E-state index in [-0.39, 0.29) is 5.28 Å². The second-order valence-corrected chi connectivity index (χ2v) is 5.06. The molecule has 1 aromatic rings. The first-order chi connectivity index (χ1) is 8.09. The van der Waals surface area contributed by atoms with E-state index in [0.29, 0.717) is 11.7 Å². The fourth-order valence-electron chi connectivity index (χ4n) is 2.49. The van der Waals surface area contributed by atoms with E-state index in [1.807, 2.05) is 13.0 Å². The summed E-state index contributed by atoms with van der Waals surface area (Å²) in [6.07, 6.45) is 2.69. The number of carbonyl (C=O) groups excluding carboxylic acids is 1. The lowest BCUT2D eigenvalue weighted by atomic mass is 9.62. The number of hydrogen-bond donors (Lipinski definition) is 1. The van der Waals surface area contributed by atoms with Crippen molar-refractivity contribution in [3.63, 3.8) is 0 Å². The van der Waals surface area contributed by atoms with Crippen LogP contribution in [0.15, 0.2) is 6.07 Å². The van der Waals surface area contributed by atoms with Crippen molar-refractivity contribution in [1.82, 2.24) is 9.97 Å². The van der Waals surface area contributed by atoms with Crippen LogP contribution in [0.4, 0.5) is 5.82 Å². The SMILES string of the molecule is CCNc1cc(C2(C=O)CC(C)C2)nc(Cl)n1. The third-order valence-corrected chi connectivity index (χ3v) is 3.39. The molecule has 0 amide bonds. The lowest BCUT2D eigenvalue weighted by Crippen LogP contribution is -2.42. The summed E-state index contributed by atoms with van der Waals surface area (Å²) in [6.45, 7) is 4.88. The second kappa shape index (κ2) is 4.61. The van der Waals surface area contributed by atoms with Gasteiger partial charge in [-0.1, -0.05) is 6.92 Å². The Hall–Kier alpha value is -1.16. The van der Waals surface area contributed by atoms with Gasteiger partial charge < -0.3 is 10.1 Å². The number of aromatic nitrogens is 2. The molecule has 17 heavy (non-hydrogen) atoms. The molecule has 0 atom stereocenters. The maximum atomic E-state index is 11.3. The Morgan fingerprint density at radius 1 is 1.59 bits per heavy atom. The van der Waals surface area contributed by atoms with Crippen LogP contribution in [0.25, 0.3) is 0 Å². The van der Waals surface area contributed by atoms with E-state index in [4.69, 9.17) is 11.6 Å². The van der Waals surface area contributed by atoms with Gasteiger partial charge in [0.05, 0.1) is 11.1 Å². The molecule has 0 radical (unpaired) electrons. The van der Waals surface area contributed by atoms with Gasteiger partial charge in [-0.2, -0.15) is 0 Å². The van der Waals surface area contributed by atoms with E-state index in [1.165, 1.54) is 0 Å². The van der Waals surface area contributed by atoms with Crippen molar-refractivity contribution in [1.29, 1.82) is 0 Å². The molecule has 1 fully saturated rings. The minimum absolute atomic E-state index is 0.194. The van der Waals surface area contributed by atoms with Gasteiger partial charge in [-0.3, -0.25) is 0 Å². The van der Waals surface area contributed by atoms with Gasteiger partial charge in [0.2, 0.25) is 5.28 Å². The molecule has 1 aromatic heterocycles. The van der Waals surface area contributed by atoms with E-state index in [0.717, 1.165) is 31.4 Å². The van der Waals surface area contributed by atoms with Crippen LogP contribution in [0.1, 0.15) is 32.4 Å². The van der Waals surface area contributed by atoms with Gasteiger partial charge in [-0.05, 0) is 37.3 Å². The summed E-state index contributed by atoms with van der Waals surface area (Å²) in [5.74, 6) is 1.25. The summed E-state index contributed by atoms with van der Waals surface area (Å²) in [7, 11) is 0. The van der Waals surface area contributed by atoms with Crippen molar-refractivity contribution in [2.24, 2.45) is 5.92 Å². The first-order valence-electron chi connectivity index (χ1n) is 5.85. The van der Waals surface area contributed by atoms with Gasteiger partial charge in [0.25, 0.3) is 0 Å². The number of halogens is 1. The predicted octanol–water partition coefficient (Wildman–Crippen LogP) is 2.43. The van der Waals surface area contributed by atoms with Crippen molar-refractivity contribution in [2.75, 3.05) is 11.9 Å². The molecule has 5 heteroatoms. The van der Waals surface area contributed by atoms with Gasteiger partial charge in [0.1, 0.15) is 12.1 Å². The zero-order valence-electron chi connectivity index (χ0n) is 10.0. The Labute approximate surface area is 106 Å². The monoisotopic (exact) mass is 253 g/mol. The summed E-state index contributed by atoms with van der Waals surface area (Å²) in [5.41, 5.74) is 0.289. The van der Waals surface area contributed by atoms with E-state index in [2.05, 4.69) is 22.2 Å². The summed E-state index contributed by atoms with van der Waals surface area (Å²) in [6, 6.07) is 1.83. The first-order valence-corrected chi connectivity index (χ1v) is 6.22. The fourth-order valence-corrected chi connectivity index (χ4v) is 2.68. The third kappa shape index (κ3) is 2.27. The standard InChI is InChI=1S/C12H16ClN3O/c1-3-14-10-4-9(15-11(13)16-10)12(7-17)5-8(2)6-12/h4,7-8H,3,5-6H2,1-2H3,(H,14,15,16). The van der Waals surface area contributed by atoms with Crippen molar-refractivity contribution in [2.45, 2.75) is 32.1 Å². The first kappa shape index (κ1) is 12.3. The predicted molar refractivity (Wildman–Crippen MR) is 67.3 cm³/mol. The van der Waals surface area contributed by atoms with Crippen LogP contribution in [-0.4, -0.2) is 22.8 Å². The second-order valence-electron chi connectivity index (χ2n) is 4.73. The minimum Gasteiger partial charge on any atom is -0.370 e. The summed E-state index contributed by atoms with van der Waals surface area (Å²) >= 11 is 5.89. The zero-order chi connectivity index (χ0) is 12.5. The Bertz CT molecular complexity index is 430. The molecule has 1 saturated carbocycles. The van der Waals surface area contributed by atoms with E-state index in [9.17, 15) is 4.79 Å². The van der Waals surface area contributed by atoms with Crippen molar-refractivity contribution in [3.8, 4) is 0 Å². The average molecular weight is 254 g/mol. The number of aldehydes is 1. The van der Waals surface area contributed by atoms with E-state index in [1.54, 1.807) is 0 Å². The Kier molecular flexibility index (Phi) is 3.33. The molecule has 1 N–H and O–H groups in total. The number of rotatable bonds is 4. The molecule has 0 bridgehead atoms. The van der Waals surface area contributed by atoms with Gasteiger partial charge in [-0.15, -0.1) is 0 Å². The average Bonchev–Trinajstić information content (AvgIpc) is 2.24. The fraction of sp³-hybridized carbons (Fsp3) is 0.583. The molecular formula is C12H16ClN3O. The summed E-state index contributed by atoms with van der Waals surface area (Å²) < 4.78 is 0. The number of nitrogens with zero attached hydrogens (tertiary/aromatic N) is 2. The van der Waals surface area contributed by atoms with Crippen LogP contribution in [-0.2, 0) is 10.2 Å². The van der Waals surface area contributed by atoms with Gasteiger partial charge in [-0.25, -0.2) is 9.97 Å². The molecule has 0 unspecified atom stereocenters. The maximum Gasteiger partial charge on any atom is 0.224 e. The third-order valence-electron chi connectivity index (χ3n) is 3.22. The van der Waals surface area contributed by atoms with Crippen molar-refractivity contribution in [3.05, 3.63) is 17.0 Å². The summed E-state index contributed by atoms with van der Waals surface area (Å²) in [5, 5.41) is 3.29. The Balaban J connectivity index is 2.34. The quantitative estimate of drug-likeness (QED) is 0.661. The molecule has 1 aliphatic rings.